The molecular formula is C12H23N3S. The van der Waals surface area contributed by atoms with Crippen molar-refractivity contribution >= 4 is 11.5 Å². The molecule has 1 aromatic heterocycles. The van der Waals surface area contributed by atoms with Crippen LogP contribution in [0.3, 0.4) is 0 Å². The van der Waals surface area contributed by atoms with E-state index in [0.29, 0.717) is 5.41 Å². The zero-order valence-corrected chi connectivity index (χ0v) is 11.6. The second-order valence-corrected chi connectivity index (χ2v) is 6.33. The van der Waals surface area contributed by atoms with E-state index in [2.05, 4.69) is 37.3 Å². The molecule has 0 bridgehead atoms. The summed E-state index contributed by atoms with van der Waals surface area (Å²) < 4.78 is 4.02. The van der Waals surface area contributed by atoms with Crippen LogP contribution in [-0.2, 0) is 6.42 Å². The third-order valence-corrected chi connectivity index (χ3v) is 3.51. The predicted octanol–water partition coefficient (Wildman–Crippen LogP) is 3.32. The van der Waals surface area contributed by atoms with E-state index in [0.717, 1.165) is 31.4 Å². The first-order valence-electron chi connectivity index (χ1n) is 6.00. The molecule has 4 heteroatoms. The highest BCUT2D eigenvalue weighted by Gasteiger charge is 2.18. The van der Waals surface area contributed by atoms with Crippen LogP contribution in [0.25, 0.3) is 0 Å². The minimum atomic E-state index is 0.112. The molecule has 0 aromatic carbocycles. The van der Waals surface area contributed by atoms with Crippen molar-refractivity contribution in [3.8, 4) is 0 Å². The summed E-state index contributed by atoms with van der Waals surface area (Å²) in [6.45, 7) is 8.90. The average Bonchev–Trinajstić information content (AvgIpc) is 2.62. The lowest BCUT2D eigenvalue weighted by Crippen LogP contribution is -2.15. The predicted molar refractivity (Wildman–Crippen MR) is 69.5 cm³/mol. The number of nitrogens with two attached hydrogens (primary N) is 1. The summed E-state index contributed by atoms with van der Waals surface area (Å²) in [5.41, 5.74) is 7.66. The van der Waals surface area contributed by atoms with Crippen LogP contribution in [-0.4, -0.2) is 9.59 Å². The molecular weight excluding hydrogens is 218 g/mol. The van der Waals surface area contributed by atoms with Gasteiger partial charge in [0, 0.05) is 6.04 Å². The summed E-state index contributed by atoms with van der Waals surface area (Å²) in [6.07, 6.45) is 4.25. The molecule has 0 radical (unpaired) electrons. The van der Waals surface area contributed by atoms with Gasteiger partial charge in [-0.05, 0) is 36.2 Å². The minimum Gasteiger partial charge on any atom is -0.323 e. The van der Waals surface area contributed by atoms with E-state index in [1.165, 1.54) is 16.4 Å². The van der Waals surface area contributed by atoms with Crippen molar-refractivity contribution < 1.29 is 0 Å². The molecule has 2 N–H and O–H groups in total. The molecule has 0 spiro atoms. The second kappa shape index (κ2) is 5.73. The van der Waals surface area contributed by atoms with E-state index in [-0.39, 0.29) is 6.04 Å². The first-order chi connectivity index (χ1) is 7.44. The summed E-state index contributed by atoms with van der Waals surface area (Å²) in [6, 6.07) is 0.112. The highest BCUT2D eigenvalue weighted by Crippen LogP contribution is 2.28. The van der Waals surface area contributed by atoms with Gasteiger partial charge in [-0.25, -0.2) is 0 Å². The molecule has 16 heavy (non-hydrogen) atoms. The second-order valence-electron chi connectivity index (χ2n) is 5.54. The zero-order chi connectivity index (χ0) is 12.2. The fourth-order valence-electron chi connectivity index (χ4n) is 1.63. The third-order valence-electron chi connectivity index (χ3n) is 2.61. The molecule has 0 fully saturated rings. The van der Waals surface area contributed by atoms with E-state index in [9.17, 15) is 0 Å². The van der Waals surface area contributed by atoms with E-state index in [1.807, 2.05) is 0 Å². The van der Waals surface area contributed by atoms with Gasteiger partial charge in [0.05, 0.1) is 10.6 Å². The van der Waals surface area contributed by atoms with Crippen molar-refractivity contribution in [2.24, 2.45) is 11.1 Å². The molecule has 92 valence electrons. The van der Waals surface area contributed by atoms with Gasteiger partial charge in [-0.2, -0.15) is 0 Å². The Balaban J connectivity index is 2.58. The van der Waals surface area contributed by atoms with Gasteiger partial charge < -0.3 is 5.73 Å². The van der Waals surface area contributed by atoms with Gasteiger partial charge in [0.1, 0.15) is 0 Å². The Kier molecular flexibility index (Phi) is 4.87. The molecule has 0 saturated carbocycles. The van der Waals surface area contributed by atoms with Gasteiger partial charge >= 0.3 is 0 Å². The lowest BCUT2D eigenvalue weighted by Gasteiger charge is -2.20. The SMILES string of the molecule is CCCc1nnsc1C(N)CCC(C)(C)C. The van der Waals surface area contributed by atoms with Crippen LogP contribution in [0.5, 0.6) is 0 Å². The van der Waals surface area contributed by atoms with Gasteiger partial charge in [-0.3, -0.25) is 0 Å². The van der Waals surface area contributed by atoms with Crippen molar-refractivity contribution in [1.29, 1.82) is 0 Å². The van der Waals surface area contributed by atoms with E-state index >= 15 is 0 Å². The van der Waals surface area contributed by atoms with Crippen molar-refractivity contribution in [2.45, 2.75) is 59.4 Å². The molecule has 1 rings (SSSR count). The first-order valence-corrected chi connectivity index (χ1v) is 6.78. The fourth-order valence-corrected chi connectivity index (χ4v) is 2.36. The summed E-state index contributed by atoms with van der Waals surface area (Å²) in [5.74, 6) is 0. The smallest absolute Gasteiger partial charge is 0.0803 e. The Hall–Kier alpha value is -0.480. The highest BCUT2D eigenvalue weighted by molar-refractivity contribution is 7.05. The average molecular weight is 241 g/mol. The van der Waals surface area contributed by atoms with Crippen LogP contribution in [0, 0.1) is 5.41 Å². The Morgan fingerprint density at radius 1 is 1.38 bits per heavy atom. The first kappa shape index (κ1) is 13.6. The van der Waals surface area contributed by atoms with Gasteiger partial charge in [0.25, 0.3) is 0 Å². The molecule has 0 aliphatic carbocycles. The molecule has 1 aromatic rings. The van der Waals surface area contributed by atoms with E-state index in [4.69, 9.17) is 5.73 Å². The lowest BCUT2D eigenvalue weighted by atomic mass is 9.88. The monoisotopic (exact) mass is 241 g/mol. The summed E-state index contributed by atoms with van der Waals surface area (Å²) in [5, 5.41) is 4.16. The lowest BCUT2D eigenvalue weighted by molar-refractivity contribution is 0.350. The van der Waals surface area contributed by atoms with Gasteiger partial charge in [0.15, 0.2) is 0 Å². The third kappa shape index (κ3) is 4.18. The molecule has 1 heterocycles. The van der Waals surface area contributed by atoms with E-state index in [1.54, 1.807) is 0 Å². The maximum Gasteiger partial charge on any atom is 0.0803 e. The van der Waals surface area contributed by atoms with Gasteiger partial charge in [-0.15, -0.1) is 5.10 Å². The van der Waals surface area contributed by atoms with Gasteiger partial charge in [0.2, 0.25) is 0 Å². The number of aromatic nitrogens is 2. The van der Waals surface area contributed by atoms with Crippen LogP contribution in [0.15, 0.2) is 0 Å². The number of hydrogen-bond donors (Lipinski definition) is 1. The van der Waals surface area contributed by atoms with Crippen molar-refractivity contribution in [3.05, 3.63) is 10.6 Å². The Morgan fingerprint density at radius 2 is 2.06 bits per heavy atom. The quantitative estimate of drug-likeness (QED) is 0.860. The van der Waals surface area contributed by atoms with Gasteiger partial charge in [-0.1, -0.05) is 38.6 Å². The highest BCUT2D eigenvalue weighted by atomic mass is 32.1. The number of nitrogens with zero attached hydrogens (tertiary/aromatic N) is 2. The van der Waals surface area contributed by atoms with Crippen LogP contribution in [0.1, 0.15) is 63.6 Å². The van der Waals surface area contributed by atoms with Crippen molar-refractivity contribution in [3.63, 3.8) is 0 Å². The Labute approximate surface area is 103 Å². The van der Waals surface area contributed by atoms with Crippen LogP contribution in [0.2, 0.25) is 0 Å². The molecule has 0 aliphatic heterocycles. The van der Waals surface area contributed by atoms with Crippen molar-refractivity contribution in [1.82, 2.24) is 9.59 Å². The largest absolute Gasteiger partial charge is 0.323 e. The van der Waals surface area contributed by atoms with Crippen LogP contribution >= 0.6 is 11.5 Å². The zero-order valence-electron chi connectivity index (χ0n) is 10.8. The molecule has 0 amide bonds. The minimum absolute atomic E-state index is 0.112. The number of hydrogen-bond acceptors (Lipinski definition) is 4. The summed E-state index contributed by atoms with van der Waals surface area (Å²) in [7, 11) is 0. The molecule has 1 atom stereocenters. The molecule has 0 saturated heterocycles. The molecule has 0 aliphatic rings. The van der Waals surface area contributed by atoms with Crippen LogP contribution in [0.4, 0.5) is 0 Å². The summed E-state index contributed by atoms with van der Waals surface area (Å²) in [4.78, 5) is 1.19. The molecule has 3 nitrogen and oxygen atoms in total. The van der Waals surface area contributed by atoms with Crippen LogP contribution < -0.4 is 5.73 Å². The number of aryl methyl sites for hydroxylation is 1. The maximum absolute atomic E-state index is 6.21. The maximum atomic E-state index is 6.21. The van der Waals surface area contributed by atoms with Crippen molar-refractivity contribution in [2.75, 3.05) is 0 Å². The Bertz CT molecular complexity index is 314. The topological polar surface area (TPSA) is 51.8 Å². The Morgan fingerprint density at radius 3 is 2.62 bits per heavy atom. The van der Waals surface area contributed by atoms with E-state index < -0.39 is 0 Å². The normalized spacial score (nSPS) is 14.1. The summed E-state index contributed by atoms with van der Waals surface area (Å²) >= 11 is 1.46. The standard InChI is InChI=1S/C12H23N3S/c1-5-6-10-11(16-15-14-10)9(13)7-8-12(2,3)4/h9H,5-8,13H2,1-4H3. The fraction of sp³-hybridized carbons (Fsp3) is 0.833. The molecule has 1 unspecified atom stereocenters. The number of rotatable bonds is 5.